The fourth-order valence-corrected chi connectivity index (χ4v) is 3.65. The minimum Gasteiger partial charge on any atom is -0.490 e. The van der Waals surface area contributed by atoms with Crippen LogP contribution in [0.1, 0.15) is 33.2 Å². The monoisotopic (exact) mass is 524 g/mol. The third-order valence-electron chi connectivity index (χ3n) is 4.18. The van der Waals surface area contributed by atoms with E-state index in [1.165, 1.54) is 30.5 Å². The van der Waals surface area contributed by atoms with E-state index in [1.54, 1.807) is 37.3 Å². The first-order valence-electron chi connectivity index (χ1n) is 9.51. The molecule has 170 valence electrons. The third-order valence-corrected chi connectivity index (χ3v) is 5.27. The molecule has 33 heavy (non-hydrogen) atoms. The van der Waals surface area contributed by atoms with Crippen molar-refractivity contribution in [1.82, 2.24) is 5.43 Å². The molecule has 0 bridgehead atoms. The molecule has 6 nitrogen and oxygen atoms in total. The second-order valence-corrected chi connectivity index (χ2v) is 8.16. The Morgan fingerprint density at radius 3 is 2.12 bits per heavy atom. The number of nitrogens with zero attached hydrogens (tertiary/aromatic N) is 1. The first-order chi connectivity index (χ1) is 15.8. The van der Waals surface area contributed by atoms with Crippen LogP contribution in [0.2, 0.25) is 20.1 Å². The zero-order valence-electron chi connectivity index (χ0n) is 17.1. The normalized spacial score (nSPS) is 10.8. The highest BCUT2D eigenvalue weighted by Crippen LogP contribution is 2.30. The average Bonchev–Trinajstić information content (AvgIpc) is 2.75. The lowest BCUT2D eigenvalue weighted by molar-refractivity contribution is 0.0728. The number of rotatable bonds is 7. The maximum Gasteiger partial charge on any atom is 0.345 e. The summed E-state index contributed by atoms with van der Waals surface area (Å²) in [7, 11) is 0. The van der Waals surface area contributed by atoms with E-state index < -0.39 is 11.9 Å². The van der Waals surface area contributed by atoms with Gasteiger partial charge in [-0.2, -0.15) is 5.10 Å². The number of hydrogen-bond acceptors (Lipinski definition) is 5. The molecule has 0 unspecified atom stereocenters. The van der Waals surface area contributed by atoms with Gasteiger partial charge in [-0.25, -0.2) is 10.2 Å². The zero-order valence-corrected chi connectivity index (χ0v) is 20.1. The van der Waals surface area contributed by atoms with E-state index in [0.717, 1.165) is 0 Å². The number of benzene rings is 3. The highest BCUT2D eigenvalue weighted by Gasteiger charge is 2.16. The second kappa shape index (κ2) is 11.4. The number of hydrazone groups is 1. The number of hydrogen-bond donors (Lipinski definition) is 1. The highest BCUT2D eigenvalue weighted by molar-refractivity contribution is 6.37. The van der Waals surface area contributed by atoms with Crippen molar-refractivity contribution in [3.63, 3.8) is 0 Å². The Morgan fingerprint density at radius 2 is 1.52 bits per heavy atom. The van der Waals surface area contributed by atoms with Gasteiger partial charge < -0.3 is 9.47 Å². The van der Waals surface area contributed by atoms with Gasteiger partial charge in [0.05, 0.1) is 34.0 Å². The van der Waals surface area contributed by atoms with Gasteiger partial charge in [-0.15, -0.1) is 0 Å². The van der Waals surface area contributed by atoms with Crippen molar-refractivity contribution in [1.29, 1.82) is 0 Å². The van der Waals surface area contributed by atoms with E-state index in [0.29, 0.717) is 28.0 Å². The fourth-order valence-electron chi connectivity index (χ4n) is 2.67. The van der Waals surface area contributed by atoms with Crippen molar-refractivity contribution in [2.75, 3.05) is 6.61 Å². The summed E-state index contributed by atoms with van der Waals surface area (Å²) in [6.07, 6.45) is 1.41. The molecule has 3 aromatic rings. The summed E-state index contributed by atoms with van der Waals surface area (Å²) >= 11 is 23.8. The number of halogens is 4. The van der Waals surface area contributed by atoms with E-state index in [4.69, 9.17) is 55.9 Å². The molecule has 0 saturated carbocycles. The van der Waals surface area contributed by atoms with Crippen molar-refractivity contribution >= 4 is 64.5 Å². The van der Waals surface area contributed by atoms with Crippen LogP contribution in [-0.2, 0) is 0 Å². The van der Waals surface area contributed by atoms with Crippen LogP contribution in [0, 0.1) is 0 Å². The van der Waals surface area contributed by atoms with Crippen LogP contribution in [-0.4, -0.2) is 24.7 Å². The Morgan fingerprint density at radius 1 is 0.879 bits per heavy atom. The van der Waals surface area contributed by atoms with Crippen molar-refractivity contribution in [3.05, 3.63) is 91.4 Å². The standard InChI is InChI=1S/C23H16Cl4N2O4/c1-2-32-21-9-13(12-28-29-22(30)16-6-4-14(24)10-18(16)26)3-8-20(21)33-23(31)17-7-5-15(25)11-19(17)27/h3-12H,2H2,1H3,(H,29,30). The van der Waals surface area contributed by atoms with Crippen molar-refractivity contribution < 1.29 is 19.1 Å². The summed E-state index contributed by atoms with van der Waals surface area (Å²) in [6, 6.07) is 13.8. The molecule has 3 aromatic carbocycles. The number of esters is 1. The predicted molar refractivity (Wildman–Crippen MR) is 131 cm³/mol. The fraction of sp³-hybridized carbons (Fsp3) is 0.0870. The molecule has 1 N–H and O–H groups in total. The Bertz CT molecular complexity index is 1230. The van der Waals surface area contributed by atoms with Gasteiger partial charge in [0.15, 0.2) is 11.5 Å². The summed E-state index contributed by atoms with van der Waals surface area (Å²) in [6.45, 7) is 2.12. The molecule has 0 saturated heterocycles. The molecule has 0 aromatic heterocycles. The molecule has 0 heterocycles. The zero-order chi connectivity index (χ0) is 24.0. The largest absolute Gasteiger partial charge is 0.490 e. The molecule has 0 aliphatic carbocycles. The summed E-state index contributed by atoms with van der Waals surface area (Å²) in [5.41, 5.74) is 3.38. The van der Waals surface area contributed by atoms with Gasteiger partial charge in [0.1, 0.15) is 0 Å². The number of ether oxygens (including phenoxy) is 2. The van der Waals surface area contributed by atoms with Gasteiger partial charge >= 0.3 is 5.97 Å². The molecular formula is C23H16Cl4N2O4. The van der Waals surface area contributed by atoms with E-state index in [-0.39, 0.29) is 26.9 Å². The number of nitrogens with one attached hydrogen (secondary N) is 1. The molecule has 0 fully saturated rings. The molecule has 0 atom stereocenters. The highest BCUT2D eigenvalue weighted by atomic mass is 35.5. The van der Waals surface area contributed by atoms with E-state index in [2.05, 4.69) is 10.5 Å². The van der Waals surface area contributed by atoms with Gasteiger partial charge in [-0.1, -0.05) is 46.4 Å². The van der Waals surface area contributed by atoms with Crippen molar-refractivity contribution in [2.45, 2.75) is 6.92 Å². The first-order valence-corrected chi connectivity index (χ1v) is 11.0. The molecule has 0 radical (unpaired) electrons. The Hall–Kier alpha value is -2.77. The lowest BCUT2D eigenvalue weighted by Gasteiger charge is -2.12. The lowest BCUT2D eigenvalue weighted by atomic mass is 10.2. The summed E-state index contributed by atoms with van der Waals surface area (Å²) in [4.78, 5) is 24.8. The molecule has 0 aliphatic rings. The molecule has 0 aliphatic heterocycles. The van der Waals surface area contributed by atoms with Crippen LogP contribution < -0.4 is 14.9 Å². The van der Waals surface area contributed by atoms with E-state index in [1.807, 2.05) is 0 Å². The van der Waals surface area contributed by atoms with Gasteiger partial charge in [0.25, 0.3) is 5.91 Å². The molecule has 10 heteroatoms. The van der Waals surface area contributed by atoms with Gasteiger partial charge in [-0.05, 0) is 67.1 Å². The smallest absolute Gasteiger partial charge is 0.345 e. The molecular weight excluding hydrogens is 510 g/mol. The van der Waals surface area contributed by atoms with Crippen LogP contribution in [0.4, 0.5) is 0 Å². The first kappa shape index (κ1) is 24.9. The van der Waals surface area contributed by atoms with Crippen molar-refractivity contribution in [3.8, 4) is 11.5 Å². The maximum absolute atomic E-state index is 12.5. The number of carbonyl (C=O) groups excluding carboxylic acids is 2. The Labute approximate surface area is 210 Å². The van der Waals surface area contributed by atoms with Crippen molar-refractivity contribution in [2.24, 2.45) is 5.10 Å². The van der Waals surface area contributed by atoms with Crippen LogP contribution in [0.5, 0.6) is 11.5 Å². The SMILES string of the molecule is CCOc1cc(C=NNC(=O)c2ccc(Cl)cc2Cl)ccc1OC(=O)c1ccc(Cl)cc1Cl. The van der Waals surface area contributed by atoms with Gasteiger partial charge in [0, 0.05) is 10.0 Å². The minimum absolute atomic E-state index is 0.165. The molecule has 0 spiro atoms. The van der Waals surface area contributed by atoms with Crippen LogP contribution in [0.25, 0.3) is 0 Å². The van der Waals surface area contributed by atoms with E-state index >= 15 is 0 Å². The Balaban J connectivity index is 1.73. The van der Waals surface area contributed by atoms with Crippen LogP contribution in [0.3, 0.4) is 0 Å². The number of carbonyl (C=O) groups is 2. The van der Waals surface area contributed by atoms with Crippen LogP contribution in [0.15, 0.2) is 59.7 Å². The average molecular weight is 526 g/mol. The molecule has 1 amide bonds. The summed E-state index contributed by atoms with van der Waals surface area (Å²) < 4.78 is 11.0. The number of amides is 1. The summed E-state index contributed by atoms with van der Waals surface area (Å²) in [5.74, 6) is -0.650. The van der Waals surface area contributed by atoms with Crippen LogP contribution >= 0.6 is 46.4 Å². The van der Waals surface area contributed by atoms with E-state index in [9.17, 15) is 9.59 Å². The predicted octanol–water partition coefficient (Wildman–Crippen LogP) is 6.68. The summed E-state index contributed by atoms with van der Waals surface area (Å²) in [5, 5.41) is 5.13. The topological polar surface area (TPSA) is 77.0 Å². The Kier molecular flexibility index (Phi) is 8.58. The third kappa shape index (κ3) is 6.62. The quantitative estimate of drug-likeness (QED) is 0.161. The minimum atomic E-state index is -0.661. The molecule has 3 rings (SSSR count). The van der Waals surface area contributed by atoms with Gasteiger partial charge in [-0.3, -0.25) is 4.79 Å². The second-order valence-electron chi connectivity index (χ2n) is 6.48. The lowest BCUT2D eigenvalue weighted by Crippen LogP contribution is -2.18. The maximum atomic E-state index is 12.5. The van der Waals surface area contributed by atoms with Gasteiger partial charge in [0.2, 0.25) is 0 Å².